The van der Waals surface area contributed by atoms with Gasteiger partial charge in [0, 0.05) is 18.7 Å². The second kappa shape index (κ2) is 6.34. The Balaban J connectivity index is 2.22. The fourth-order valence-electron chi connectivity index (χ4n) is 3.17. The SMILES string of the molecule is CCC1(CC)CCN(c2ccc(C(=N)N)c(Br)c2F)CC1. The van der Waals surface area contributed by atoms with Gasteiger partial charge in [-0.2, -0.15) is 0 Å². The lowest BCUT2D eigenvalue weighted by Gasteiger charge is -2.42. The highest BCUT2D eigenvalue weighted by Gasteiger charge is 2.32. The van der Waals surface area contributed by atoms with Crippen molar-refractivity contribution in [3.63, 3.8) is 0 Å². The van der Waals surface area contributed by atoms with Crippen LogP contribution in [0.1, 0.15) is 45.1 Å². The number of anilines is 1. The number of nitrogens with zero attached hydrogens (tertiary/aromatic N) is 1. The Labute approximate surface area is 134 Å². The summed E-state index contributed by atoms with van der Waals surface area (Å²) in [7, 11) is 0. The highest BCUT2D eigenvalue weighted by Crippen LogP contribution is 2.40. The molecule has 0 radical (unpaired) electrons. The van der Waals surface area contributed by atoms with Crippen molar-refractivity contribution < 1.29 is 4.39 Å². The van der Waals surface area contributed by atoms with Crippen molar-refractivity contribution in [1.29, 1.82) is 5.41 Å². The number of nitrogens with two attached hydrogens (primary N) is 1. The van der Waals surface area contributed by atoms with Crippen molar-refractivity contribution in [3.8, 4) is 0 Å². The monoisotopic (exact) mass is 355 g/mol. The van der Waals surface area contributed by atoms with E-state index in [0.717, 1.165) is 25.9 Å². The minimum Gasteiger partial charge on any atom is -0.384 e. The third-order valence-electron chi connectivity index (χ3n) is 5.02. The Bertz CT molecular complexity index is 531. The summed E-state index contributed by atoms with van der Waals surface area (Å²) in [5.74, 6) is -0.440. The van der Waals surface area contributed by atoms with Gasteiger partial charge < -0.3 is 10.6 Å². The number of hydrogen-bond acceptors (Lipinski definition) is 2. The number of piperidine rings is 1. The zero-order chi connectivity index (χ0) is 15.6. The van der Waals surface area contributed by atoms with Crippen LogP contribution >= 0.6 is 15.9 Å². The Morgan fingerprint density at radius 1 is 1.33 bits per heavy atom. The highest BCUT2D eigenvalue weighted by atomic mass is 79.9. The number of benzene rings is 1. The van der Waals surface area contributed by atoms with Crippen molar-refractivity contribution in [1.82, 2.24) is 0 Å². The Kier molecular flexibility index (Phi) is 4.91. The fourth-order valence-corrected chi connectivity index (χ4v) is 3.72. The van der Waals surface area contributed by atoms with E-state index in [2.05, 4.69) is 34.7 Å². The summed E-state index contributed by atoms with van der Waals surface area (Å²) in [6.45, 7) is 6.25. The van der Waals surface area contributed by atoms with Crippen molar-refractivity contribution in [3.05, 3.63) is 28.0 Å². The predicted octanol–water partition coefficient (Wildman–Crippen LogP) is 4.28. The number of halogens is 2. The van der Waals surface area contributed by atoms with Crippen LogP contribution in [0.4, 0.5) is 10.1 Å². The molecule has 1 aliphatic rings. The van der Waals surface area contributed by atoms with Gasteiger partial charge in [-0.25, -0.2) is 4.39 Å². The summed E-state index contributed by atoms with van der Waals surface area (Å²) in [6, 6.07) is 3.45. The molecule has 0 atom stereocenters. The lowest BCUT2D eigenvalue weighted by molar-refractivity contribution is 0.199. The first kappa shape index (κ1) is 16.3. The minimum absolute atomic E-state index is 0.123. The molecule has 0 aliphatic carbocycles. The third kappa shape index (κ3) is 3.07. The van der Waals surface area contributed by atoms with Gasteiger partial charge in [-0.1, -0.05) is 26.7 Å². The molecular weight excluding hydrogens is 333 g/mol. The van der Waals surface area contributed by atoms with Gasteiger partial charge in [0.2, 0.25) is 0 Å². The first-order chi connectivity index (χ1) is 9.94. The quantitative estimate of drug-likeness (QED) is 0.625. The van der Waals surface area contributed by atoms with Gasteiger partial charge in [-0.15, -0.1) is 0 Å². The average Bonchev–Trinajstić information content (AvgIpc) is 2.50. The molecule has 1 saturated heterocycles. The number of nitrogen functional groups attached to an aromatic ring is 1. The minimum atomic E-state index is -0.316. The molecule has 1 fully saturated rings. The van der Waals surface area contributed by atoms with E-state index < -0.39 is 0 Å². The molecule has 3 nitrogen and oxygen atoms in total. The first-order valence-corrected chi connectivity index (χ1v) is 8.30. The maximum absolute atomic E-state index is 14.5. The second-order valence-electron chi connectivity index (χ2n) is 5.87. The standard InChI is InChI=1S/C16H23BrFN3/c1-3-16(4-2)7-9-21(10-8-16)12-6-5-11(15(19)20)13(17)14(12)18/h5-6H,3-4,7-10H2,1-2H3,(H3,19,20). The van der Waals surface area contributed by atoms with E-state index in [1.165, 1.54) is 12.8 Å². The molecule has 1 aromatic carbocycles. The molecule has 3 N–H and O–H groups in total. The van der Waals surface area contributed by atoms with E-state index in [1.807, 2.05) is 0 Å². The molecule has 5 heteroatoms. The summed E-state index contributed by atoms with van der Waals surface area (Å²) >= 11 is 3.23. The van der Waals surface area contributed by atoms with E-state index in [1.54, 1.807) is 12.1 Å². The van der Waals surface area contributed by atoms with Gasteiger partial charge in [0.25, 0.3) is 0 Å². The van der Waals surface area contributed by atoms with Gasteiger partial charge in [0.05, 0.1) is 10.2 Å². The van der Waals surface area contributed by atoms with Gasteiger partial charge in [-0.3, -0.25) is 5.41 Å². The smallest absolute Gasteiger partial charge is 0.161 e. The van der Waals surface area contributed by atoms with E-state index in [-0.39, 0.29) is 16.1 Å². The molecule has 2 rings (SSSR count). The normalized spacial score (nSPS) is 17.8. The molecule has 0 aromatic heterocycles. The van der Waals surface area contributed by atoms with Crippen LogP contribution in [0.5, 0.6) is 0 Å². The molecule has 1 heterocycles. The Morgan fingerprint density at radius 3 is 2.38 bits per heavy atom. The van der Waals surface area contributed by atoms with Gasteiger partial charge in [0.1, 0.15) is 5.84 Å². The number of amidine groups is 1. The number of rotatable bonds is 4. The molecule has 0 saturated carbocycles. The molecule has 0 amide bonds. The second-order valence-corrected chi connectivity index (χ2v) is 6.66. The summed E-state index contributed by atoms with van der Waals surface area (Å²) < 4.78 is 14.8. The zero-order valence-electron chi connectivity index (χ0n) is 12.7. The van der Waals surface area contributed by atoms with Gasteiger partial charge in [-0.05, 0) is 46.3 Å². The molecule has 1 aromatic rings. The summed E-state index contributed by atoms with van der Waals surface area (Å²) in [5, 5.41) is 7.46. The summed E-state index contributed by atoms with van der Waals surface area (Å²) in [5.41, 5.74) is 6.89. The Hall–Kier alpha value is -1.10. The molecule has 0 bridgehead atoms. The van der Waals surface area contributed by atoms with E-state index in [0.29, 0.717) is 16.7 Å². The van der Waals surface area contributed by atoms with Crippen LogP contribution in [-0.4, -0.2) is 18.9 Å². The van der Waals surface area contributed by atoms with Crippen molar-refractivity contribution in [2.75, 3.05) is 18.0 Å². The van der Waals surface area contributed by atoms with Crippen LogP contribution < -0.4 is 10.6 Å². The van der Waals surface area contributed by atoms with Gasteiger partial charge in [0.15, 0.2) is 5.82 Å². The van der Waals surface area contributed by atoms with Crippen molar-refractivity contribution >= 4 is 27.5 Å². The first-order valence-electron chi connectivity index (χ1n) is 7.51. The topological polar surface area (TPSA) is 53.1 Å². The summed E-state index contributed by atoms with van der Waals surface area (Å²) in [6.07, 6.45) is 4.58. The Morgan fingerprint density at radius 2 is 1.90 bits per heavy atom. The lowest BCUT2D eigenvalue weighted by Crippen LogP contribution is -2.40. The highest BCUT2D eigenvalue weighted by molar-refractivity contribution is 9.10. The van der Waals surface area contributed by atoms with Crippen LogP contribution in [0.25, 0.3) is 0 Å². The zero-order valence-corrected chi connectivity index (χ0v) is 14.3. The maximum atomic E-state index is 14.5. The molecule has 0 unspecified atom stereocenters. The average molecular weight is 356 g/mol. The van der Waals surface area contributed by atoms with Gasteiger partial charge >= 0.3 is 0 Å². The van der Waals surface area contributed by atoms with E-state index in [9.17, 15) is 4.39 Å². The molecule has 21 heavy (non-hydrogen) atoms. The maximum Gasteiger partial charge on any atom is 0.161 e. The summed E-state index contributed by atoms with van der Waals surface area (Å²) in [4.78, 5) is 2.10. The van der Waals surface area contributed by atoms with Crippen LogP contribution in [0, 0.1) is 16.6 Å². The fraction of sp³-hybridized carbons (Fsp3) is 0.562. The third-order valence-corrected chi connectivity index (χ3v) is 5.79. The van der Waals surface area contributed by atoms with Crippen LogP contribution in [0.2, 0.25) is 0 Å². The molecule has 116 valence electrons. The number of hydrogen-bond donors (Lipinski definition) is 2. The van der Waals surface area contributed by atoms with Crippen LogP contribution in [-0.2, 0) is 0 Å². The van der Waals surface area contributed by atoms with Crippen LogP contribution in [0.15, 0.2) is 16.6 Å². The van der Waals surface area contributed by atoms with E-state index in [4.69, 9.17) is 11.1 Å². The molecule has 0 spiro atoms. The van der Waals surface area contributed by atoms with E-state index >= 15 is 0 Å². The molecular formula is C16H23BrFN3. The predicted molar refractivity (Wildman–Crippen MR) is 89.6 cm³/mol. The van der Waals surface area contributed by atoms with Crippen molar-refractivity contribution in [2.45, 2.75) is 39.5 Å². The molecule has 1 aliphatic heterocycles. The largest absolute Gasteiger partial charge is 0.384 e. The lowest BCUT2D eigenvalue weighted by atomic mass is 9.74. The number of nitrogens with one attached hydrogen (secondary N) is 1. The van der Waals surface area contributed by atoms with Crippen molar-refractivity contribution in [2.24, 2.45) is 11.1 Å². The van der Waals surface area contributed by atoms with Crippen LogP contribution in [0.3, 0.4) is 0 Å².